The highest BCUT2D eigenvalue weighted by atomic mass is 16.7. The number of Topliss-reactive ketones (excluding diaryl/α,β-unsaturated/α-hetero) is 1. The van der Waals surface area contributed by atoms with E-state index in [4.69, 9.17) is 56.8 Å². The highest BCUT2D eigenvalue weighted by molar-refractivity contribution is 5.90. The lowest BCUT2D eigenvalue weighted by Gasteiger charge is -2.59. The first-order chi connectivity index (χ1) is 58.9. The van der Waals surface area contributed by atoms with Crippen LogP contribution in [0.25, 0.3) is 0 Å². The Morgan fingerprint density at radius 3 is 1.15 bits per heavy atom. The van der Waals surface area contributed by atoms with E-state index >= 15 is 0 Å². The molecule has 0 spiro atoms. The molecule has 688 valence electrons. The molecule has 13 atom stereocenters. The zero-order chi connectivity index (χ0) is 89.0. The fourth-order valence-corrected chi connectivity index (χ4v) is 28.9. The molecule has 22 aliphatic carbocycles. The zero-order valence-electron chi connectivity index (χ0n) is 76.4. The Kier molecular flexibility index (Phi) is 31.3. The lowest BCUT2D eigenvalue weighted by atomic mass is 9.48. The molecule has 22 saturated carbocycles. The van der Waals surface area contributed by atoms with Crippen molar-refractivity contribution in [2.45, 2.75) is 336 Å². The molecule has 22 aliphatic rings. The Labute approximate surface area is 737 Å². The van der Waals surface area contributed by atoms with Crippen LogP contribution in [0, 0.1) is 142 Å². The van der Waals surface area contributed by atoms with Crippen molar-refractivity contribution in [3.05, 3.63) is 73.4 Å². The molecule has 13 unspecified atom stereocenters. The Morgan fingerprint density at radius 2 is 0.718 bits per heavy atom. The molecule has 0 amide bonds. The molecule has 0 aromatic rings. The van der Waals surface area contributed by atoms with E-state index in [0.717, 1.165) is 120 Å². The van der Waals surface area contributed by atoms with E-state index in [-0.39, 0.29) is 92.2 Å². The minimum atomic E-state index is -0.515. The standard InChI is InChI=1S/C21H30O6.C18H26O4.C18H26O3.C17H24O3.C15H22O3.C13H20O3/c1-13(2)20(24)26-7-6-25-18(22)4-5-19(23)27-21(3)16-9-14-8-15(11-16)12-17(21)10-14;1-11(2)17(20)21-5-4-16(19)22-18(3)14-7-12-6-13(9-14)10-15(18)8-12;1-9(2)18(19)21-10(3)20-15-8-13-7-14(15)17-12-5-4-11(6-12)16(13)17;1-11(2)16(19)20-4-3-15(18)17-8-12-5-13(9-17)7-14(6-12)10-17;1-3-14(16)17-9(2)18-15-12-5-10-4-11(7-12)8-13(15)6-10;1-8(2)13(14)16-9(3)15-12-7-10-4-5-11(12)6-10/h14-17H,1,4-12H2,2-3H3;12-15H,1,4-10H2,2-3H3;10-17H,1,4-8H2,2-3H3;12-14H,1,3-10H2,2H3;3,9-13,15H,1,4-8H2,2H3;9-12H,1,4-7H2,2-3H3. The SMILES string of the molecule is C=C(C)C(=O)OC(C)OC1CC2CC1C1C3CCC(C3)C21.C=C(C)C(=O)OC(C)OC1CC2CCC1C2.C=C(C)C(=O)OCCC(=O)C12CC3CC(CC(C3)C1)C2.C=C(C)C(=O)OCCC(=O)OC1(C)C2CC3CC(C2)CC1C3.C=C(C)C(=O)OCCOC(=O)CCC(=O)OC1(C)C2CC3CC(C2)CC1C3.C=CC(=O)OC(C)OC1C2CC3CC(C2)CC1C3. The average Bonchev–Trinajstić information content (AvgIpc) is 1.53. The predicted octanol–water partition coefficient (Wildman–Crippen LogP) is 18.8. The van der Waals surface area contributed by atoms with Gasteiger partial charge in [-0.05, 0) is 398 Å². The molecule has 0 heterocycles. The highest BCUT2D eigenvalue weighted by Crippen LogP contribution is 2.69. The maximum atomic E-state index is 12.6. The van der Waals surface area contributed by atoms with Crippen molar-refractivity contribution in [1.82, 2.24) is 0 Å². The first-order valence-electron chi connectivity index (χ1n) is 48.0. The third kappa shape index (κ3) is 22.9. The first-order valence-corrected chi connectivity index (χ1v) is 48.0. The summed E-state index contributed by atoms with van der Waals surface area (Å²) in [6, 6.07) is 0. The van der Waals surface area contributed by atoms with Crippen LogP contribution in [-0.4, -0.2) is 134 Å². The molecule has 0 aliphatic heterocycles. The summed E-state index contributed by atoms with van der Waals surface area (Å²) in [5.74, 6) is 14.8. The second-order valence-corrected chi connectivity index (χ2v) is 42.7. The van der Waals surface area contributed by atoms with Crippen LogP contribution in [0.3, 0.4) is 0 Å². The fourth-order valence-electron chi connectivity index (χ4n) is 28.9. The Balaban J connectivity index is 0.000000129. The summed E-state index contributed by atoms with van der Waals surface area (Å²) in [5.41, 5.74) is 1.16. The van der Waals surface area contributed by atoms with Gasteiger partial charge in [-0.15, -0.1) is 0 Å². The van der Waals surface area contributed by atoms with Crippen LogP contribution in [0.15, 0.2) is 73.4 Å². The number of esters is 9. The number of ketones is 1. The quantitative estimate of drug-likeness (QED) is 0.0161. The van der Waals surface area contributed by atoms with E-state index in [1.165, 1.54) is 173 Å². The van der Waals surface area contributed by atoms with Gasteiger partial charge in [-0.2, -0.15) is 0 Å². The molecular weight excluding hydrogens is 1580 g/mol. The smallest absolute Gasteiger partial charge is 0.335 e. The number of rotatable bonds is 30. The van der Waals surface area contributed by atoms with E-state index in [1.807, 2.05) is 13.8 Å². The minimum Gasteiger partial charge on any atom is -0.462 e. The maximum Gasteiger partial charge on any atom is 0.335 e. The lowest BCUT2D eigenvalue weighted by molar-refractivity contribution is -0.216. The summed E-state index contributed by atoms with van der Waals surface area (Å²) < 4.78 is 65.1. The van der Waals surface area contributed by atoms with Gasteiger partial charge in [0.1, 0.15) is 36.8 Å². The highest BCUT2D eigenvalue weighted by Gasteiger charge is 2.64. The number of carbonyl (C=O) groups is 10. The lowest BCUT2D eigenvalue weighted by Crippen LogP contribution is -2.58. The van der Waals surface area contributed by atoms with E-state index in [9.17, 15) is 47.9 Å². The summed E-state index contributed by atoms with van der Waals surface area (Å²) in [6.45, 7) is 39.1. The van der Waals surface area contributed by atoms with Crippen LogP contribution in [-0.2, 0) is 105 Å². The Bertz CT molecular complexity index is 3830. The van der Waals surface area contributed by atoms with Crippen LogP contribution in [0.2, 0.25) is 0 Å². The van der Waals surface area contributed by atoms with Gasteiger partial charge in [-0.3, -0.25) is 19.2 Å². The number of hydrogen-bond donors (Lipinski definition) is 0. The molecule has 0 N–H and O–H groups in total. The third-order valence-corrected chi connectivity index (χ3v) is 33.3. The van der Waals surface area contributed by atoms with E-state index < -0.39 is 42.7 Å². The molecule has 124 heavy (non-hydrogen) atoms. The topological polar surface area (TPSA) is 281 Å². The normalized spacial score (nSPS) is 38.8. The van der Waals surface area contributed by atoms with Gasteiger partial charge in [-0.1, -0.05) is 39.5 Å². The number of carbonyl (C=O) groups excluding carboxylic acids is 10. The third-order valence-electron chi connectivity index (χ3n) is 33.3. The maximum absolute atomic E-state index is 12.6. The van der Waals surface area contributed by atoms with Crippen LogP contribution in [0.5, 0.6) is 0 Å². The van der Waals surface area contributed by atoms with Crippen LogP contribution in [0.4, 0.5) is 0 Å². The monoisotopic (exact) mass is 1730 g/mol. The van der Waals surface area contributed by atoms with Gasteiger partial charge in [0.15, 0.2) is 0 Å². The van der Waals surface area contributed by atoms with Crippen molar-refractivity contribution in [1.29, 1.82) is 0 Å². The van der Waals surface area contributed by atoms with Crippen molar-refractivity contribution in [2.75, 3.05) is 26.4 Å². The van der Waals surface area contributed by atoms with Crippen LogP contribution < -0.4 is 0 Å². The van der Waals surface area contributed by atoms with Gasteiger partial charge in [-0.25, -0.2) is 28.8 Å². The molecule has 22 nitrogen and oxygen atoms in total. The summed E-state index contributed by atoms with van der Waals surface area (Å²) in [6.07, 6.45) is 39.5. The number of fused-ring (bicyclic) bond motifs is 11. The van der Waals surface area contributed by atoms with E-state index in [2.05, 4.69) is 53.3 Å². The minimum absolute atomic E-state index is 0.0201. The number of ether oxygens (including phenoxy) is 12. The van der Waals surface area contributed by atoms with Gasteiger partial charge in [0, 0.05) is 45.8 Å². The molecule has 22 bridgehead atoms. The van der Waals surface area contributed by atoms with Gasteiger partial charge in [0.2, 0.25) is 18.9 Å². The van der Waals surface area contributed by atoms with Gasteiger partial charge in [0.25, 0.3) is 0 Å². The van der Waals surface area contributed by atoms with E-state index in [0.29, 0.717) is 99.8 Å². The second kappa shape index (κ2) is 40.9. The summed E-state index contributed by atoms with van der Waals surface area (Å²) in [4.78, 5) is 117. The molecule has 0 aromatic heterocycles. The van der Waals surface area contributed by atoms with Crippen molar-refractivity contribution in [2.24, 2.45) is 142 Å². The van der Waals surface area contributed by atoms with Crippen LogP contribution in [0.1, 0.15) is 288 Å². The molecule has 0 saturated heterocycles. The Morgan fingerprint density at radius 1 is 0.339 bits per heavy atom. The summed E-state index contributed by atoms with van der Waals surface area (Å²) in [5, 5.41) is 0. The first kappa shape index (κ1) is 94.8. The molecule has 22 heteroatoms. The molecule has 22 fully saturated rings. The summed E-state index contributed by atoms with van der Waals surface area (Å²) in [7, 11) is 0. The van der Waals surface area contributed by atoms with Gasteiger partial charge < -0.3 is 56.8 Å². The molecule has 22 rings (SSSR count). The molecule has 0 aromatic carbocycles. The Hall–Kier alpha value is -6.78. The zero-order valence-corrected chi connectivity index (χ0v) is 76.4. The van der Waals surface area contributed by atoms with Gasteiger partial charge in [0.05, 0.1) is 44.2 Å². The van der Waals surface area contributed by atoms with Crippen molar-refractivity contribution < 1.29 is 105 Å². The fraction of sp³-hybridized carbons (Fsp3) is 0.784. The van der Waals surface area contributed by atoms with Crippen molar-refractivity contribution in [3.8, 4) is 0 Å². The number of hydrogen-bond acceptors (Lipinski definition) is 22. The molecule has 0 radical (unpaired) electrons. The second-order valence-electron chi connectivity index (χ2n) is 42.7. The summed E-state index contributed by atoms with van der Waals surface area (Å²) >= 11 is 0. The van der Waals surface area contributed by atoms with Crippen LogP contribution >= 0.6 is 0 Å². The van der Waals surface area contributed by atoms with Crippen molar-refractivity contribution >= 4 is 59.5 Å². The predicted molar refractivity (Wildman–Crippen MR) is 463 cm³/mol. The van der Waals surface area contributed by atoms with Crippen molar-refractivity contribution in [3.63, 3.8) is 0 Å². The van der Waals surface area contributed by atoms with Gasteiger partial charge >= 0.3 is 53.7 Å². The van der Waals surface area contributed by atoms with E-state index in [1.54, 1.807) is 41.5 Å². The largest absolute Gasteiger partial charge is 0.462 e. The average molecular weight is 1730 g/mol. The molecular formula is C102H148O22.